The number of carbonyl (C=O) groups excluding carboxylic acids is 2. The van der Waals surface area contributed by atoms with E-state index < -0.39 is 17.6 Å². The van der Waals surface area contributed by atoms with E-state index in [1.807, 2.05) is 24.3 Å². The molecule has 0 saturated carbocycles. The van der Waals surface area contributed by atoms with Gasteiger partial charge in [-0.05, 0) is 36.1 Å². The molecule has 2 aliphatic rings. The van der Waals surface area contributed by atoms with Crippen LogP contribution in [-0.4, -0.2) is 42.3 Å². The maximum Gasteiger partial charge on any atom is 0.410 e. The second-order valence-corrected chi connectivity index (χ2v) is 7.15. The maximum absolute atomic E-state index is 12.6. The summed E-state index contributed by atoms with van der Waals surface area (Å²) in [6, 6.07) is 16.4. The number of amides is 1. The van der Waals surface area contributed by atoms with Crippen molar-refractivity contribution in [3.63, 3.8) is 0 Å². The summed E-state index contributed by atoms with van der Waals surface area (Å²) in [6.07, 6.45) is -0.478. The average molecular weight is 351 g/mol. The first-order valence-corrected chi connectivity index (χ1v) is 8.80. The van der Waals surface area contributed by atoms with E-state index >= 15 is 0 Å². The highest BCUT2D eigenvalue weighted by atomic mass is 16.6. The van der Waals surface area contributed by atoms with Gasteiger partial charge in [-0.25, -0.2) is 9.59 Å². The molecular weight excluding hydrogens is 330 g/mol. The van der Waals surface area contributed by atoms with Crippen molar-refractivity contribution in [1.82, 2.24) is 4.90 Å². The summed E-state index contributed by atoms with van der Waals surface area (Å²) < 4.78 is 10.7. The highest BCUT2D eigenvalue weighted by Crippen LogP contribution is 2.44. The fourth-order valence-corrected chi connectivity index (χ4v) is 3.79. The fraction of sp³-hybridized carbons (Fsp3) is 0.333. The van der Waals surface area contributed by atoms with Crippen molar-refractivity contribution >= 4 is 12.1 Å². The Balaban J connectivity index is 1.55. The number of rotatable bonds is 2. The van der Waals surface area contributed by atoms with Gasteiger partial charge < -0.3 is 9.47 Å². The highest BCUT2D eigenvalue weighted by Gasteiger charge is 2.43. The lowest BCUT2D eigenvalue weighted by Gasteiger charge is -2.39. The van der Waals surface area contributed by atoms with Crippen LogP contribution in [0.1, 0.15) is 30.9 Å². The first kappa shape index (κ1) is 16.6. The molecule has 26 heavy (non-hydrogen) atoms. The number of benzene rings is 2. The number of ether oxygens (including phenoxy) is 2. The van der Waals surface area contributed by atoms with Crippen LogP contribution >= 0.6 is 0 Å². The van der Waals surface area contributed by atoms with Gasteiger partial charge in [-0.3, -0.25) is 4.90 Å². The van der Waals surface area contributed by atoms with Crippen molar-refractivity contribution < 1.29 is 19.1 Å². The molecule has 0 spiro atoms. The van der Waals surface area contributed by atoms with E-state index in [9.17, 15) is 9.59 Å². The van der Waals surface area contributed by atoms with Crippen LogP contribution in [0, 0.1) is 0 Å². The van der Waals surface area contributed by atoms with Gasteiger partial charge in [0, 0.05) is 5.92 Å². The van der Waals surface area contributed by atoms with Crippen LogP contribution in [0.2, 0.25) is 0 Å². The third-order valence-corrected chi connectivity index (χ3v) is 5.28. The van der Waals surface area contributed by atoms with Crippen LogP contribution in [0.25, 0.3) is 11.1 Å². The largest absolute Gasteiger partial charge is 0.462 e. The lowest BCUT2D eigenvalue weighted by Crippen LogP contribution is -2.58. The van der Waals surface area contributed by atoms with Gasteiger partial charge >= 0.3 is 12.1 Å². The number of hydrogen-bond acceptors (Lipinski definition) is 4. The minimum atomic E-state index is -1.01. The molecule has 1 aliphatic carbocycles. The molecule has 1 aliphatic heterocycles. The topological polar surface area (TPSA) is 55.8 Å². The van der Waals surface area contributed by atoms with Gasteiger partial charge in [0.25, 0.3) is 0 Å². The standard InChI is InChI=1S/C21H21NO4/c1-21(2)19(23)25-12-11-22(21)20(24)26-13-18-16-9-5-3-7-14(16)15-8-4-6-10-17(15)18/h3-10,18H,11-13H2,1-2H3. The third-order valence-electron chi connectivity index (χ3n) is 5.28. The van der Waals surface area contributed by atoms with E-state index in [0.29, 0.717) is 6.54 Å². The van der Waals surface area contributed by atoms with Crippen LogP contribution in [0.3, 0.4) is 0 Å². The minimum Gasteiger partial charge on any atom is -0.462 e. The third kappa shape index (κ3) is 2.55. The SMILES string of the molecule is CC1(C)C(=O)OCCN1C(=O)OCC1c2ccccc2-c2ccccc21. The van der Waals surface area contributed by atoms with Gasteiger partial charge in [0.1, 0.15) is 18.8 Å². The summed E-state index contributed by atoms with van der Waals surface area (Å²) in [7, 11) is 0. The number of morpholine rings is 1. The van der Waals surface area contributed by atoms with Crippen molar-refractivity contribution in [1.29, 1.82) is 0 Å². The van der Waals surface area contributed by atoms with Gasteiger partial charge in [0.15, 0.2) is 0 Å². The van der Waals surface area contributed by atoms with Crippen molar-refractivity contribution in [2.24, 2.45) is 0 Å². The number of fused-ring (bicyclic) bond motifs is 3. The quantitative estimate of drug-likeness (QED) is 0.776. The molecule has 0 radical (unpaired) electrons. The van der Waals surface area contributed by atoms with E-state index in [1.54, 1.807) is 13.8 Å². The highest BCUT2D eigenvalue weighted by molar-refractivity contribution is 5.86. The Morgan fingerprint density at radius 1 is 1.12 bits per heavy atom. The first-order chi connectivity index (χ1) is 12.5. The zero-order valence-electron chi connectivity index (χ0n) is 14.9. The summed E-state index contributed by atoms with van der Waals surface area (Å²) >= 11 is 0. The van der Waals surface area contributed by atoms with E-state index in [-0.39, 0.29) is 19.1 Å². The molecule has 1 saturated heterocycles. The summed E-state index contributed by atoms with van der Waals surface area (Å²) in [5, 5.41) is 0. The Bertz CT molecular complexity index is 828. The van der Waals surface area contributed by atoms with Crippen molar-refractivity contribution in [2.75, 3.05) is 19.8 Å². The Kier molecular flexibility index (Phi) is 3.94. The summed E-state index contributed by atoms with van der Waals surface area (Å²) in [5.41, 5.74) is 3.69. The Morgan fingerprint density at radius 2 is 1.69 bits per heavy atom. The van der Waals surface area contributed by atoms with Crippen LogP contribution in [0.5, 0.6) is 0 Å². The van der Waals surface area contributed by atoms with E-state index in [1.165, 1.54) is 27.2 Å². The van der Waals surface area contributed by atoms with Gasteiger partial charge in [-0.1, -0.05) is 48.5 Å². The second-order valence-electron chi connectivity index (χ2n) is 7.15. The van der Waals surface area contributed by atoms with E-state index in [2.05, 4.69) is 24.3 Å². The summed E-state index contributed by atoms with van der Waals surface area (Å²) in [5.74, 6) is -0.400. The molecule has 5 nitrogen and oxygen atoms in total. The molecule has 1 fully saturated rings. The van der Waals surface area contributed by atoms with Crippen molar-refractivity contribution in [3.05, 3.63) is 59.7 Å². The number of hydrogen-bond donors (Lipinski definition) is 0. The summed E-state index contributed by atoms with van der Waals surface area (Å²) in [4.78, 5) is 26.0. The van der Waals surface area contributed by atoms with Crippen LogP contribution in [0.4, 0.5) is 4.79 Å². The smallest absolute Gasteiger partial charge is 0.410 e. The molecule has 5 heteroatoms. The predicted octanol–water partition coefficient (Wildman–Crippen LogP) is 3.57. The fourth-order valence-electron chi connectivity index (χ4n) is 3.79. The van der Waals surface area contributed by atoms with Crippen molar-refractivity contribution in [2.45, 2.75) is 25.3 Å². The van der Waals surface area contributed by atoms with Crippen LogP contribution < -0.4 is 0 Å². The Labute approximate surface area is 152 Å². The van der Waals surface area contributed by atoms with Gasteiger partial charge in [-0.2, -0.15) is 0 Å². The monoisotopic (exact) mass is 351 g/mol. The van der Waals surface area contributed by atoms with Gasteiger partial charge in [0.2, 0.25) is 0 Å². The molecule has 4 rings (SSSR count). The van der Waals surface area contributed by atoms with Gasteiger partial charge in [0.05, 0.1) is 6.54 Å². The minimum absolute atomic E-state index is 0.00574. The average Bonchev–Trinajstić information content (AvgIpc) is 2.96. The summed E-state index contributed by atoms with van der Waals surface area (Å²) in [6.45, 7) is 4.14. The molecular formula is C21H21NO4. The number of cyclic esters (lactones) is 1. The predicted molar refractivity (Wildman–Crippen MR) is 96.8 cm³/mol. The Hall–Kier alpha value is -2.82. The van der Waals surface area contributed by atoms with E-state index in [0.717, 1.165) is 0 Å². The molecule has 0 aromatic heterocycles. The normalized spacial score (nSPS) is 18.1. The molecule has 0 bridgehead atoms. The second kappa shape index (κ2) is 6.16. The Morgan fingerprint density at radius 3 is 2.31 bits per heavy atom. The van der Waals surface area contributed by atoms with Gasteiger partial charge in [-0.15, -0.1) is 0 Å². The molecule has 2 aromatic carbocycles. The number of carbonyl (C=O) groups is 2. The molecule has 0 N–H and O–H groups in total. The molecule has 0 unspecified atom stereocenters. The van der Waals surface area contributed by atoms with Crippen LogP contribution in [0.15, 0.2) is 48.5 Å². The lowest BCUT2D eigenvalue weighted by molar-refractivity contribution is -0.163. The maximum atomic E-state index is 12.6. The molecule has 1 heterocycles. The molecule has 2 aromatic rings. The molecule has 0 atom stereocenters. The van der Waals surface area contributed by atoms with Crippen molar-refractivity contribution in [3.8, 4) is 11.1 Å². The number of esters is 1. The van der Waals surface area contributed by atoms with E-state index in [4.69, 9.17) is 9.47 Å². The lowest BCUT2D eigenvalue weighted by atomic mass is 9.98. The number of nitrogens with zero attached hydrogens (tertiary/aromatic N) is 1. The zero-order chi connectivity index (χ0) is 18.3. The molecule has 134 valence electrons. The molecule has 1 amide bonds. The van der Waals surface area contributed by atoms with Crippen LogP contribution in [-0.2, 0) is 14.3 Å². The zero-order valence-corrected chi connectivity index (χ0v) is 14.9. The first-order valence-electron chi connectivity index (χ1n) is 8.80.